The SMILES string of the molecule is NNc1nnc(SCc2ccc(F)cc2)n1N. The van der Waals surface area contributed by atoms with Gasteiger partial charge in [-0.15, -0.1) is 10.2 Å². The normalized spacial score (nSPS) is 10.5. The van der Waals surface area contributed by atoms with Crippen LogP contribution in [0.3, 0.4) is 0 Å². The predicted octanol–water partition coefficient (Wildman–Crippen LogP) is 0.709. The average molecular weight is 254 g/mol. The molecule has 0 atom stereocenters. The van der Waals surface area contributed by atoms with Crippen LogP contribution in [-0.4, -0.2) is 14.9 Å². The summed E-state index contributed by atoms with van der Waals surface area (Å²) in [7, 11) is 0. The van der Waals surface area contributed by atoms with Crippen LogP contribution < -0.4 is 17.1 Å². The van der Waals surface area contributed by atoms with E-state index in [4.69, 9.17) is 11.7 Å². The number of hydrazine groups is 1. The summed E-state index contributed by atoms with van der Waals surface area (Å²) in [5.41, 5.74) is 3.30. The average Bonchev–Trinajstić information content (AvgIpc) is 2.69. The number of benzene rings is 1. The molecule has 0 saturated carbocycles. The first-order valence-corrected chi connectivity index (χ1v) is 5.73. The lowest BCUT2D eigenvalue weighted by molar-refractivity contribution is 0.627. The van der Waals surface area contributed by atoms with Crippen molar-refractivity contribution >= 4 is 17.7 Å². The highest BCUT2D eigenvalue weighted by Gasteiger charge is 2.08. The number of nitrogen functional groups attached to an aromatic ring is 2. The minimum Gasteiger partial charge on any atom is -0.334 e. The molecule has 8 heteroatoms. The summed E-state index contributed by atoms with van der Waals surface area (Å²) in [4.78, 5) is 0. The Morgan fingerprint density at radius 3 is 2.59 bits per heavy atom. The highest BCUT2D eigenvalue weighted by molar-refractivity contribution is 7.98. The molecule has 2 rings (SSSR count). The van der Waals surface area contributed by atoms with Crippen LogP contribution in [0.1, 0.15) is 5.56 Å². The number of aromatic nitrogens is 3. The molecule has 0 fully saturated rings. The second-order valence-corrected chi connectivity index (χ2v) is 4.18. The molecule has 0 aliphatic carbocycles. The fourth-order valence-electron chi connectivity index (χ4n) is 1.20. The molecule has 0 radical (unpaired) electrons. The Labute approximate surface area is 101 Å². The molecule has 1 aromatic carbocycles. The number of rotatable bonds is 4. The first-order valence-electron chi connectivity index (χ1n) is 4.75. The molecule has 0 saturated heterocycles. The van der Waals surface area contributed by atoms with Crippen LogP contribution >= 0.6 is 11.8 Å². The maximum absolute atomic E-state index is 12.7. The Bertz CT molecular complexity index is 497. The molecular weight excluding hydrogens is 243 g/mol. The Morgan fingerprint density at radius 2 is 2.00 bits per heavy atom. The first-order chi connectivity index (χ1) is 8.20. The summed E-state index contributed by atoms with van der Waals surface area (Å²) in [5, 5.41) is 8.12. The smallest absolute Gasteiger partial charge is 0.258 e. The summed E-state index contributed by atoms with van der Waals surface area (Å²) in [6.45, 7) is 0. The number of thioether (sulfide) groups is 1. The van der Waals surface area contributed by atoms with E-state index in [1.807, 2.05) is 0 Å². The zero-order valence-corrected chi connectivity index (χ0v) is 9.62. The van der Waals surface area contributed by atoms with Crippen molar-refractivity contribution in [3.63, 3.8) is 0 Å². The minimum atomic E-state index is -0.254. The standard InChI is InChI=1S/C9H11FN6S/c10-7-3-1-6(2-4-7)5-17-9-15-14-8(13-11)16(9)12/h1-4H,5,11-12H2,(H,13,14). The van der Waals surface area contributed by atoms with Crippen molar-refractivity contribution in [1.82, 2.24) is 14.9 Å². The molecule has 0 aliphatic heterocycles. The van der Waals surface area contributed by atoms with Crippen LogP contribution in [0.4, 0.5) is 10.3 Å². The topological polar surface area (TPSA) is 94.8 Å². The van der Waals surface area contributed by atoms with Crippen LogP contribution in [0.2, 0.25) is 0 Å². The number of nitrogens with two attached hydrogens (primary N) is 2. The van der Waals surface area contributed by atoms with Crippen LogP contribution in [0, 0.1) is 5.82 Å². The van der Waals surface area contributed by atoms with Crippen molar-refractivity contribution in [1.29, 1.82) is 0 Å². The van der Waals surface area contributed by atoms with Gasteiger partial charge in [0.2, 0.25) is 5.16 Å². The second kappa shape index (κ2) is 5.02. The fourth-order valence-corrected chi connectivity index (χ4v) is 2.01. The van der Waals surface area contributed by atoms with E-state index >= 15 is 0 Å². The van der Waals surface area contributed by atoms with Gasteiger partial charge in [0.15, 0.2) is 0 Å². The fraction of sp³-hybridized carbons (Fsp3) is 0.111. The number of halogens is 1. The highest BCUT2D eigenvalue weighted by Crippen LogP contribution is 2.21. The van der Waals surface area contributed by atoms with Crippen molar-refractivity contribution in [3.8, 4) is 0 Å². The molecule has 0 aliphatic rings. The summed E-state index contributed by atoms with van der Waals surface area (Å²) < 4.78 is 13.9. The molecule has 2 aromatic rings. The van der Waals surface area contributed by atoms with Gasteiger partial charge in [-0.3, -0.25) is 5.43 Å². The Morgan fingerprint density at radius 1 is 1.29 bits per heavy atom. The largest absolute Gasteiger partial charge is 0.334 e. The van der Waals surface area contributed by atoms with E-state index in [0.717, 1.165) is 5.56 Å². The van der Waals surface area contributed by atoms with Crippen molar-refractivity contribution in [2.45, 2.75) is 10.9 Å². The number of nitrogens with one attached hydrogen (secondary N) is 1. The third-order valence-corrected chi connectivity index (χ3v) is 3.09. The molecule has 0 bridgehead atoms. The van der Waals surface area contributed by atoms with Gasteiger partial charge in [-0.2, -0.15) is 0 Å². The summed E-state index contributed by atoms with van der Waals surface area (Å²) in [6, 6.07) is 6.25. The monoisotopic (exact) mass is 254 g/mol. The van der Waals surface area contributed by atoms with Gasteiger partial charge in [0.05, 0.1) is 0 Å². The Hall–Kier alpha value is -1.80. The lowest BCUT2D eigenvalue weighted by Crippen LogP contribution is -2.18. The number of nitrogens with zero attached hydrogens (tertiary/aromatic N) is 3. The van der Waals surface area contributed by atoms with Gasteiger partial charge < -0.3 is 5.84 Å². The molecular formula is C9H11FN6S. The first kappa shape index (κ1) is 11.7. The molecule has 0 unspecified atom stereocenters. The maximum atomic E-state index is 12.7. The summed E-state index contributed by atoms with van der Waals surface area (Å²) >= 11 is 1.39. The molecule has 6 nitrogen and oxygen atoms in total. The summed E-state index contributed by atoms with van der Waals surface area (Å²) in [6.07, 6.45) is 0. The van der Waals surface area contributed by atoms with Gasteiger partial charge in [-0.05, 0) is 17.7 Å². The molecule has 0 spiro atoms. The van der Waals surface area contributed by atoms with Crippen molar-refractivity contribution in [2.75, 3.05) is 11.3 Å². The Kier molecular flexibility index (Phi) is 3.45. The van der Waals surface area contributed by atoms with E-state index in [-0.39, 0.29) is 11.8 Å². The van der Waals surface area contributed by atoms with Crippen LogP contribution in [-0.2, 0) is 5.75 Å². The number of hydrogen-bond donors (Lipinski definition) is 3. The highest BCUT2D eigenvalue weighted by atomic mass is 32.2. The molecule has 5 N–H and O–H groups in total. The van der Waals surface area contributed by atoms with Gasteiger partial charge >= 0.3 is 0 Å². The van der Waals surface area contributed by atoms with Crippen molar-refractivity contribution in [3.05, 3.63) is 35.6 Å². The van der Waals surface area contributed by atoms with E-state index in [1.165, 1.54) is 28.6 Å². The maximum Gasteiger partial charge on any atom is 0.258 e. The van der Waals surface area contributed by atoms with Crippen LogP contribution in [0.25, 0.3) is 0 Å². The van der Waals surface area contributed by atoms with Gasteiger partial charge in [-0.1, -0.05) is 23.9 Å². The molecule has 0 amide bonds. The molecule has 90 valence electrons. The zero-order valence-electron chi connectivity index (χ0n) is 8.80. The van der Waals surface area contributed by atoms with E-state index in [9.17, 15) is 4.39 Å². The third kappa shape index (κ3) is 2.66. The molecule has 1 aromatic heterocycles. The van der Waals surface area contributed by atoms with Gasteiger partial charge in [0, 0.05) is 5.75 Å². The quantitative estimate of drug-likeness (QED) is 0.422. The van der Waals surface area contributed by atoms with Gasteiger partial charge in [0.1, 0.15) is 5.82 Å². The van der Waals surface area contributed by atoms with Gasteiger partial charge in [0.25, 0.3) is 5.95 Å². The lowest BCUT2D eigenvalue weighted by Gasteiger charge is -2.02. The second-order valence-electron chi connectivity index (χ2n) is 3.24. The van der Waals surface area contributed by atoms with Crippen molar-refractivity contribution in [2.24, 2.45) is 5.84 Å². The van der Waals surface area contributed by atoms with E-state index < -0.39 is 0 Å². The zero-order chi connectivity index (χ0) is 12.3. The Balaban J connectivity index is 2.02. The minimum absolute atomic E-state index is 0.254. The third-order valence-electron chi connectivity index (χ3n) is 2.07. The van der Waals surface area contributed by atoms with Crippen LogP contribution in [0.15, 0.2) is 29.4 Å². The molecule has 17 heavy (non-hydrogen) atoms. The van der Waals surface area contributed by atoms with Crippen LogP contribution in [0.5, 0.6) is 0 Å². The van der Waals surface area contributed by atoms with E-state index in [1.54, 1.807) is 12.1 Å². The van der Waals surface area contributed by atoms with Crippen molar-refractivity contribution < 1.29 is 4.39 Å². The number of anilines is 1. The summed E-state index contributed by atoms with van der Waals surface area (Å²) in [5.74, 6) is 11.5. The van der Waals surface area contributed by atoms with E-state index in [0.29, 0.717) is 10.9 Å². The van der Waals surface area contributed by atoms with E-state index in [2.05, 4.69) is 15.6 Å². The predicted molar refractivity (Wildman–Crippen MR) is 63.9 cm³/mol. The lowest BCUT2D eigenvalue weighted by atomic mass is 10.2. The number of hydrogen-bond acceptors (Lipinski definition) is 6. The molecule has 1 heterocycles. The van der Waals surface area contributed by atoms with Gasteiger partial charge in [-0.25, -0.2) is 14.9 Å².